The van der Waals surface area contributed by atoms with Crippen LogP contribution in [0.3, 0.4) is 0 Å². The van der Waals surface area contributed by atoms with E-state index >= 15 is 0 Å². The van der Waals surface area contributed by atoms with Crippen molar-refractivity contribution in [2.75, 3.05) is 11.4 Å². The maximum Gasteiger partial charge on any atom is 0.205 e. The normalized spacial score (nSPS) is 25.6. The highest BCUT2D eigenvalue weighted by Gasteiger charge is 2.27. The number of aromatic nitrogens is 2. The van der Waals surface area contributed by atoms with Gasteiger partial charge in [0.25, 0.3) is 0 Å². The summed E-state index contributed by atoms with van der Waals surface area (Å²) >= 11 is 1.57. The second kappa shape index (κ2) is 5.34. The Kier molecular flexibility index (Phi) is 4.02. The minimum absolute atomic E-state index is 0.601. The lowest BCUT2D eigenvalue weighted by Crippen LogP contribution is -2.42. The van der Waals surface area contributed by atoms with Crippen molar-refractivity contribution in [3.63, 3.8) is 0 Å². The lowest BCUT2D eigenvalue weighted by atomic mass is 9.93. The topological polar surface area (TPSA) is 29.0 Å². The lowest BCUT2D eigenvalue weighted by molar-refractivity contribution is 0.363. The van der Waals surface area contributed by atoms with Gasteiger partial charge in [0.2, 0.25) is 5.13 Å². The van der Waals surface area contributed by atoms with E-state index in [2.05, 4.69) is 37.0 Å². The average molecular weight is 253 g/mol. The highest BCUT2D eigenvalue weighted by Crippen LogP contribution is 2.29. The van der Waals surface area contributed by atoms with Gasteiger partial charge in [0.1, 0.15) is 5.82 Å². The Hall–Kier alpha value is -0.640. The van der Waals surface area contributed by atoms with Gasteiger partial charge in [0.15, 0.2) is 0 Å². The van der Waals surface area contributed by atoms with Crippen LogP contribution >= 0.6 is 11.5 Å². The van der Waals surface area contributed by atoms with E-state index in [0.717, 1.165) is 29.8 Å². The van der Waals surface area contributed by atoms with Crippen molar-refractivity contribution in [2.24, 2.45) is 11.8 Å². The van der Waals surface area contributed by atoms with Gasteiger partial charge in [0, 0.05) is 30.5 Å². The van der Waals surface area contributed by atoms with Crippen LogP contribution in [0.15, 0.2) is 0 Å². The molecule has 1 aliphatic heterocycles. The van der Waals surface area contributed by atoms with E-state index in [1.165, 1.54) is 12.8 Å². The zero-order valence-electron chi connectivity index (χ0n) is 11.3. The molecule has 2 heterocycles. The van der Waals surface area contributed by atoms with Gasteiger partial charge in [-0.15, -0.1) is 0 Å². The monoisotopic (exact) mass is 253 g/mol. The molecule has 2 unspecified atom stereocenters. The minimum atomic E-state index is 0.601. The summed E-state index contributed by atoms with van der Waals surface area (Å²) in [7, 11) is 0. The fraction of sp³-hybridized carbons (Fsp3) is 0.846. The van der Waals surface area contributed by atoms with Gasteiger partial charge in [-0.3, -0.25) is 0 Å². The van der Waals surface area contributed by atoms with Crippen LogP contribution in [0.25, 0.3) is 0 Å². The molecule has 1 aromatic heterocycles. The number of hydrogen-bond acceptors (Lipinski definition) is 4. The molecule has 0 bridgehead atoms. The molecule has 0 saturated carbocycles. The molecule has 0 spiro atoms. The van der Waals surface area contributed by atoms with Crippen molar-refractivity contribution in [1.82, 2.24) is 9.36 Å². The first-order valence-corrected chi connectivity index (χ1v) is 7.44. The molecule has 1 aromatic rings. The van der Waals surface area contributed by atoms with Crippen molar-refractivity contribution in [1.29, 1.82) is 0 Å². The molecule has 2 rings (SSSR count). The number of piperidine rings is 1. The maximum absolute atomic E-state index is 4.69. The van der Waals surface area contributed by atoms with Crippen LogP contribution in [0, 0.1) is 11.8 Å². The molecule has 0 amide bonds. The number of nitrogens with zero attached hydrogens (tertiary/aromatic N) is 3. The molecular formula is C13H23N3S. The van der Waals surface area contributed by atoms with Crippen molar-refractivity contribution in [2.45, 2.75) is 53.0 Å². The predicted octanol–water partition coefficient (Wildman–Crippen LogP) is 3.36. The SMILES string of the molecule is CC(C)Cc1nsc(N2CCCC(C)C2C)n1. The first-order chi connectivity index (χ1) is 8.08. The summed E-state index contributed by atoms with van der Waals surface area (Å²) in [6, 6.07) is 0.601. The van der Waals surface area contributed by atoms with Crippen molar-refractivity contribution in [3.8, 4) is 0 Å². The van der Waals surface area contributed by atoms with Crippen molar-refractivity contribution in [3.05, 3.63) is 5.82 Å². The Morgan fingerprint density at radius 2 is 2.18 bits per heavy atom. The van der Waals surface area contributed by atoms with E-state index in [-0.39, 0.29) is 0 Å². The Balaban J connectivity index is 2.08. The smallest absolute Gasteiger partial charge is 0.205 e. The van der Waals surface area contributed by atoms with Crippen LogP contribution in [-0.2, 0) is 6.42 Å². The van der Waals surface area contributed by atoms with Gasteiger partial charge in [-0.25, -0.2) is 4.98 Å². The van der Waals surface area contributed by atoms with Crippen LogP contribution in [0.4, 0.5) is 5.13 Å². The lowest BCUT2D eigenvalue weighted by Gasteiger charge is -2.37. The first kappa shape index (κ1) is 12.8. The molecule has 1 fully saturated rings. The number of anilines is 1. The van der Waals surface area contributed by atoms with Crippen molar-refractivity contribution < 1.29 is 0 Å². The Morgan fingerprint density at radius 3 is 2.88 bits per heavy atom. The largest absolute Gasteiger partial charge is 0.344 e. The molecular weight excluding hydrogens is 230 g/mol. The van der Waals surface area contributed by atoms with E-state index in [9.17, 15) is 0 Å². The fourth-order valence-corrected chi connectivity index (χ4v) is 3.23. The first-order valence-electron chi connectivity index (χ1n) is 6.67. The highest BCUT2D eigenvalue weighted by atomic mass is 32.1. The molecule has 3 nitrogen and oxygen atoms in total. The van der Waals surface area contributed by atoms with Gasteiger partial charge in [-0.2, -0.15) is 4.37 Å². The van der Waals surface area contributed by atoms with Gasteiger partial charge in [-0.1, -0.05) is 20.8 Å². The summed E-state index contributed by atoms with van der Waals surface area (Å²) in [6.45, 7) is 10.2. The summed E-state index contributed by atoms with van der Waals surface area (Å²) in [5.41, 5.74) is 0. The van der Waals surface area contributed by atoms with E-state index in [0.29, 0.717) is 12.0 Å². The summed E-state index contributed by atoms with van der Waals surface area (Å²) in [5.74, 6) is 2.42. The molecule has 1 saturated heterocycles. The summed E-state index contributed by atoms with van der Waals surface area (Å²) in [5, 5.41) is 1.12. The molecule has 0 radical (unpaired) electrons. The van der Waals surface area contributed by atoms with Gasteiger partial charge < -0.3 is 4.90 Å². The van der Waals surface area contributed by atoms with Gasteiger partial charge >= 0.3 is 0 Å². The average Bonchev–Trinajstić information content (AvgIpc) is 2.69. The number of hydrogen-bond donors (Lipinski definition) is 0. The standard InChI is InChI=1S/C13H23N3S/c1-9(2)8-12-14-13(17-15-12)16-7-5-6-10(3)11(16)4/h9-11H,5-8H2,1-4H3. The minimum Gasteiger partial charge on any atom is -0.344 e. The summed E-state index contributed by atoms with van der Waals surface area (Å²) in [6.07, 6.45) is 3.62. The molecule has 2 atom stereocenters. The Labute approximate surface area is 108 Å². The van der Waals surface area contributed by atoms with E-state index < -0.39 is 0 Å². The van der Waals surface area contributed by atoms with Crippen molar-refractivity contribution >= 4 is 16.7 Å². The third-order valence-corrected chi connectivity index (χ3v) is 4.46. The fourth-order valence-electron chi connectivity index (χ4n) is 2.41. The predicted molar refractivity (Wildman–Crippen MR) is 73.7 cm³/mol. The second-order valence-electron chi connectivity index (χ2n) is 5.64. The van der Waals surface area contributed by atoms with Crippen LogP contribution < -0.4 is 4.90 Å². The van der Waals surface area contributed by atoms with Gasteiger partial charge in [-0.05, 0) is 31.6 Å². The van der Waals surface area contributed by atoms with Crippen LogP contribution in [0.1, 0.15) is 46.4 Å². The molecule has 1 aliphatic rings. The highest BCUT2D eigenvalue weighted by molar-refractivity contribution is 7.09. The molecule has 17 heavy (non-hydrogen) atoms. The van der Waals surface area contributed by atoms with E-state index in [1.807, 2.05) is 0 Å². The molecule has 4 heteroatoms. The Morgan fingerprint density at radius 1 is 1.41 bits per heavy atom. The zero-order chi connectivity index (χ0) is 12.4. The molecule has 0 aliphatic carbocycles. The number of rotatable bonds is 3. The third-order valence-electron chi connectivity index (χ3n) is 3.67. The molecule has 0 aromatic carbocycles. The Bertz CT molecular complexity index is 361. The third kappa shape index (κ3) is 2.97. The molecule has 96 valence electrons. The van der Waals surface area contributed by atoms with Crippen LogP contribution in [0.2, 0.25) is 0 Å². The summed E-state index contributed by atoms with van der Waals surface area (Å²) < 4.78 is 4.48. The quantitative estimate of drug-likeness (QED) is 0.827. The zero-order valence-corrected chi connectivity index (χ0v) is 12.1. The maximum atomic E-state index is 4.69. The van der Waals surface area contributed by atoms with E-state index in [4.69, 9.17) is 4.98 Å². The molecule has 0 N–H and O–H groups in total. The van der Waals surface area contributed by atoms with Gasteiger partial charge in [0.05, 0.1) is 0 Å². The van der Waals surface area contributed by atoms with Crippen LogP contribution in [-0.4, -0.2) is 21.9 Å². The van der Waals surface area contributed by atoms with Crippen LogP contribution in [0.5, 0.6) is 0 Å². The summed E-state index contributed by atoms with van der Waals surface area (Å²) in [4.78, 5) is 7.13. The van der Waals surface area contributed by atoms with E-state index in [1.54, 1.807) is 11.5 Å². The second-order valence-corrected chi connectivity index (χ2v) is 6.37.